The third kappa shape index (κ3) is 4.89. The van der Waals surface area contributed by atoms with Gasteiger partial charge in [-0.3, -0.25) is 5.43 Å². The predicted molar refractivity (Wildman–Crippen MR) is 108 cm³/mol. The second-order valence-corrected chi connectivity index (χ2v) is 7.84. The summed E-state index contributed by atoms with van der Waals surface area (Å²) in [7, 11) is 0. The van der Waals surface area contributed by atoms with Crippen LogP contribution in [0.2, 0.25) is 0 Å². The van der Waals surface area contributed by atoms with Gasteiger partial charge in [0.15, 0.2) is 5.82 Å². The molecule has 0 saturated heterocycles. The summed E-state index contributed by atoms with van der Waals surface area (Å²) < 4.78 is 5.31. The molecule has 3 rings (SSSR count). The number of nitrogens with zero attached hydrogens (tertiary/aromatic N) is 3. The molecular weight excluding hydrogens is 378 g/mol. The number of thiophene rings is 1. The van der Waals surface area contributed by atoms with Crippen LogP contribution in [0.3, 0.4) is 0 Å². The van der Waals surface area contributed by atoms with E-state index in [9.17, 15) is 9.59 Å². The molecule has 8 nitrogen and oxygen atoms in total. The molecule has 0 amide bonds. The Morgan fingerprint density at radius 1 is 1.25 bits per heavy atom. The zero-order valence-electron chi connectivity index (χ0n) is 15.6. The standard InChI is InChI=1S/C19H19N5O3S/c1-19(2,3)15-16(21-18(26)24-22-15)23-20-11-12-6-8-13(9-7-12)27-17(25)14-5-4-10-28-14/h4-11H,1-3H3,(H2,21,23,24,26)/b20-11+. The zero-order chi connectivity index (χ0) is 20.1. The Balaban J connectivity index is 1.66. The molecule has 28 heavy (non-hydrogen) atoms. The summed E-state index contributed by atoms with van der Waals surface area (Å²) in [5.41, 5.74) is 3.27. The predicted octanol–water partition coefficient (Wildman–Crippen LogP) is 3.19. The van der Waals surface area contributed by atoms with Crippen molar-refractivity contribution in [2.24, 2.45) is 5.10 Å². The van der Waals surface area contributed by atoms with Crippen molar-refractivity contribution >= 4 is 29.3 Å². The Kier molecular flexibility index (Phi) is 5.65. The second-order valence-electron chi connectivity index (χ2n) is 6.89. The number of hydrazone groups is 1. The summed E-state index contributed by atoms with van der Waals surface area (Å²) in [6, 6.07) is 10.4. The fourth-order valence-electron chi connectivity index (χ4n) is 2.28. The van der Waals surface area contributed by atoms with Crippen LogP contribution >= 0.6 is 11.3 Å². The van der Waals surface area contributed by atoms with E-state index < -0.39 is 5.69 Å². The summed E-state index contributed by atoms with van der Waals surface area (Å²) in [6.07, 6.45) is 1.57. The second kappa shape index (κ2) is 8.13. The van der Waals surface area contributed by atoms with Gasteiger partial charge in [0.1, 0.15) is 16.3 Å². The topological polar surface area (TPSA) is 109 Å². The van der Waals surface area contributed by atoms with Crippen molar-refractivity contribution in [2.45, 2.75) is 26.2 Å². The highest BCUT2D eigenvalue weighted by atomic mass is 32.1. The molecule has 0 radical (unpaired) electrons. The zero-order valence-corrected chi connectivity index (χ0v) is 16.4. The van der Waals surface area contributed by atoms with E-state index in [4.69, 9.17) is 4.74 Å². The molecule has 3 aromatic rings. The van der Waals surface area contributed by atoms with Gasteiger partial charge in [0, 0.05) is 5.41 Å². The Labute approximate surface area is 165 Å². The van der Waals surface area contributed by atoms with Crippen molar-refractivity contribution in [3.05, 3.63) is 68.4 Å². The number of aromatic nitrogens is 3. The number of carbonyl (C=O) groups excluding carboxylic acids is 1. The van der Waals surface area contributed by atoms with Crippen molar-refractivity contribution in [3.63, 3.8) is 0 Å². The van der Waals surface area contributed by atoms with Gasteiger partial charge in [-0.1, -0.05) is 26.8 Å². The van der Waals surface area contributed by atoms with E-state index in [2.05, 4.69) is 25.7 Å². The van der Waals surface area contributed by atoms with Crippen LogP contribution in [0.25, 0.3) is 0 Å². The van der Waals surface area contributed by atoms with E-state index in [0.29, 0.717) is 22.1 Å². The van der Waals surface area contributed by atoms with Crippen LogP contribution in [0.5, 0.6) is 5.75 Å². The molecule has 2 aromatic heterocycles. The average Bonchev–Trinajstić information content (AvgIpc) is 3.17. The maximum absolute atomic E-state index is 11.9. The number of hydrogen-bond donors (Lipinski definition) is 2. The first-order valence-electron chi connectivity index (χ1n) is 8.45. The first-order chi connectivity index (χ1) is 13.3. The molecule has 0 atom stereocenters. The summed E-state index contributed by atoms with van der Waals surface area (Å²) in [6.45, 7) is 5.88. The highest BCUT2D eigenvalue weighted by Crippen LogP contribution is 2.24. The first-order valence-corrected chi connectivity index (χ1v) is 9.33. The lowest BCUT2D eigenvalue weighted by molar-refractivity contribution is 0.0740. The highest BCUT2D eigenvalue weighted by molar-refractivity contribution is 7.12. The number of nitrogens with one attached hydrogen (secondary N) is 2. The van der Waals surface area contributed by atoms with Crippen LogP contribution in [-0.2, 0) is 5.41 Å². The largest absolute Gasteiger partial charge is 0.422 e. The summed E-state index contributed by atoms with van der Waals surface area (Å²) in [5.74, 6) is 0.355. The van der Waals surface area contributed by atoms with Crippen LogP contribution in [0.15, 0.2) is 51.7 Å². The Bertz CT molecular complexity index is 1030. The number of aromatic amines is 1. The number of H-pyrrole nitrogens is 1. The minimum Gasteiger partial charge on any atom is -0.422 e. The van der Waals surface area contributed by atoms with Crippen LogP contribution < -0.4 is 15.9 Å². The molecule has 9 heteroatoms. The monoisotopic (exact) mass is 397 g/mol. The van der Waals surface area contributed by atoms with Crippen molar-refractivity contribution < 1.29 is 9.53 Å². The number of rotatable bonds is 5. The van der Waals surface area contributed by atoms with Crippen LogP contribution in [0, 0.1) is 0 Å². The Morgan fingerprint density at radius 2 is 2.00 bits per heavy atom. The first kappa shape index (κ1) is 19.4. The lowest BCUT2D eigenvalue weighted by Gasteiger charge is -2.18. The van der Waals surface area contributed by atoms with Gasteiger partial charge >= 0.3 is 11.7 Å². The van der Waals surface area contributed by atoms with E-state index in [1.54, 1.807) is 42.6 Å². The third-order valence-electron chi connectivity index (χ3n) is 3.61. The number of carbonyl (C=O) groups is 1. The smallest absolute Gasteiger partial charge is 0.363 e. The fourth-order valence-corrected chi connectivity index (χ4v) is 2.88. The van der Waals surface area contributed by atoms with Gasteiger partial charge in [0.25, 0.3) is 0 Å². The summed E-state index contributed by atoms with van der Waals surface area (Å²) in [5, 5.41) is 12.3. The fraction of sp³-hybridized carbons (Fsp3) is 0.211. The number of ether oxygens (including phenoxy) is 1. The SMILES string of the molecule is CC(C)(C)c1n[nH]c(=O)nc1N/N=C/c1ccc(OC(=O)c2cccs2)cc1. The number of hydrogen-bond acceptors (Lipinski definition) is 8. The van der Waals surface area contributed by atoms with E-state index in [1.165, 1.54) is 11.3 Å². The lowest BCUT2D eigenvalue weighted by Crippen LogP contribution is -2.24. The van der Waals surface area contributed by atoms with Crippen LogP contribution in [0.4, 0.5) is 5.82 Å². The average molecular weight is 397 g/mol. The normalized spacial score (nSPS) is 11.5. The van der Waals surface area contributed by atoms with Crippen molar-refractivity contribution in [1.82, 2.24) is 15.2 Å². The molecule has 0 aliphatic heterocycles. The van der Waals surface area contributed by atoms with Crippen molar-refractivity contribution in [1.29, 1.82) is 0 Å². The Morgan fingerprint density at radius 3 is 2.64 bits per heavy atom. The highest BCUT2D eigenvalue weighted by Gasteiger charge is 2.21. The molecule has 0 spiro atoms. The molecule has 144 valence electrons. The minimum absolute atomic E-state index is 0.300. The van der Waals surface area contributed by atoms with Crippen LogP contribution in [-0.4, -0.2) is 27.4 Å². The van der Waals surface area contributed by atoms with Gasteiger partial charge in [0.2, 0.25) is 0 Å². The number of benzene rings is 1. The molecule has 0 aliphatic carbocycles. The van der Waals surface area contributed by atoms with Gasteiger partial charge in [-0.25, -0.2) is 14.7 Å². The molecule has 0 saturated carbocycles. The summed E-state index contributed by atoms with van der Waals surface area (Å²) >= 11 is 1.33. The van der Waals surface area contributed by atoms with Crippen molar-refractivity contribution in [2.75, 3.05) is 5.43 Å². The molecule has 0 unspecified atom stereocenters. The van der Waals surface area contributed by atoms with Crippen LogP contribution in [0.1, 0.15) is 41.7 Å². The molecular formula is C19H19N5O3S. The number of anilines is 1. The summed E-state index contributed by atoms with van der Waals surface area (Å²) in [4.78, 5) is 27.8. The minimum atomic E-state index is -0.553. The molecule has 0 bridgehead atoms. The van der Waals surface area contributed by atoms with E-state index >= 15 is 0 Å². The third-order valence-corrected chi connectivity index (χ3v) is 4.46. The van der Waals surface area contributed by atoms with Gasteiger partial charge in [-0.2, -0.15) is 15.2 Å². The lowest BCUT2D eigenvalue weighted by atomic mass is 9.92. The number of esters is 1. The maximum atomic E-state index is 11.9. The quantitative estimate of drug-likeness (QED) is 0.296. The van der Waals surface area contributed by atoms with E-state index in [1.807, 2.05) is 26.2 Å². The maximum Gasteiger partial charge on any atom is 0.363 e. The molecule has 2 N–H and O–H groups in total. The van der Waals surface area contributed by atoms with Gasteiger partial charge < -0.3 is 4.74 Å². The molecule has 2 heterocycles. The molecule has 0 aliphatic rings. The molecule has 0 fully saturated rings. The van der Waals surface area contributed by atoms with Gasteiger partial charge in [-0.05, 0) is 41.3 Å². The van der Waals surface area contributed by atoms with Crippen molar-refractivity contribution in [3.8, 4) is 5.75 Å². The van der Waals surface area contributed by atoms with Gasteiger partial charge in [0.05, 0.1) is 6.21 Å². The molecule has 1 aromatic carbocycles. The van der Waals surface area contributed by atoms with Gasteiger partial charge in [-0.15, -0.1) is 11.3 Å². The Hall–Kier alpha value is -3.33. The van der Waals surface area contributed by atoms with E-state index in [0.717, 1.165) is 5.56 Å². The van der Waals surface area contributed by atoms with E-state index in [-0.39, 0.29) is 11.4 Å².